The van der Waals surface area contributed by atoms with E-state index in [1.807, 2.05) is 32.0 Å². The number of nitrogens with zero attached hydrogens (tertiary/aromatic N) is 1. The maximum atomic E-state index is 13.9. The van der Waals surface area contributed by atoms with Crippen molar-refractivity contribution in [1.82, 2.24) is 10.2 Å². The first kappa shape index (κ1) is 30.1. The standard InChI is InChI=1S/C28H38ClN3O5/c1-17(2)22(31-27(36)37-28(5,6)7)26(35)32(14-15-33)24(20-12-8-10-18(3)16-20)25(34)30-23-19(4)11-9-13-21(23)29/h8-13,16-17,22,24,33H,14-15H2,1-7H3,(H,30,34)(H,31,36). The van der Waals surface area contributed by atoms with E-state index in [9.17, 15) is 19.5 Å². The Bertz CT molecular complexity index is 1090. The van der Waals surface area contributed by atoms with Crippen molar-refractivity contribution in [2.24, 2.45) is 5.92 Å². The first-order valence-electron chi connectivity index (χ1n) is 12.3. The molecule has 9 heteroatoms. The van der Waals surface area contributed by atoms with Gasteiger partial charge in [-0.1, -0.05) is 67.4 Å². The number of amides is 3. The van der Waals surface area contributed by atoms with Crippen molar-refractivity contribution in [2.45, 2.75) is 66.2 Å². The second-order valence-electron chi connectivity index (χ2n) is 10.4. The highest BCUT2D eigenvalue weighted by atomic mass is 35.5. The number of hydrogen-bond donors (Lipinski definition) is 3. The summed E-state index contributed by atoms with van der Waals surface area (Å²) >= 11 is 6.36. The lowest BCUT2D eigenvalue weighted by Crippen LogP contribution is -2.55. The van der Waals surface area contributed by atoms with Gasteiger partial charge in [0.1, 0.15) is 17.7 Å². The Hall–Kier alpha value is -3.10. The van der Waals surface area contributed by atoms with Crippen LogP contribution in [0.25, 0.3) is 0 Å². The molecule has 2 unspecified atom stereocenters. The van der Waals surface area contributed by atoms with E-state index < -0.39 is 35.6 Å². The van der Waals surface area contributed by atoms with Gasteiger partial charge in [0, 0.05) is 6.54 Å². The average Bonchev–Trinajstić information content (AvgIpc) is 2.78. The first-order valence-corrected chi connectivity index (χ1v) is 12.7. The molecule has 2 atom stereocenters. The van der Waals surface area contributed by atoms with Crippen molar-refractivity contribution in [3.8, 4) is 0 Å². The second kappa shape index (κ2) is 12.9. The van der Waals surface area contributed by atoms with Gasteiger partial charge in [0.05, 0.1) is 17.3 Å². The normalized spacial score (nSPS) is 13.0. The van der Waals surface area contributed by atoms with Crippen LogP contribution in [0.2, 0.25) is 5.02 Å². The summed E-state index contributed by atoms with van der Waals surface area (Å²) < 4.78 is 5.36. The van der Waals surface area contributed by atoms with E-state index in [0.29, 0.717) is 16.3 Å². The number of aryl methyl sites for hydroxylation is 2. The summed E-state index contributed by atoms with van der Waals surface area (Å²) in [6.45, 7) is 11.9. The number of aliphatic hydroxyl groups is 1. The fourth-order valence-corrected chi connectivity index (χ4v) is 4.16. The molecule has 0 heterocycles. The fraction of sp³-hybridized carbons (Fsp3) is 0.464. The van der Waals surface area contributed by atoms with Gasteiger partial charge in [-0.15, -0.1) is 0 Å². The zero-order chi connectivity index (χ0) is 27.9. The molecule has 0 saturated carbocycles. The predicted octanol–water partition coefficient (Wildman–Crippen LogP) is 5.01. The molecule has 0 fully saturated rings. The molecule has 0 saturated heterocycles. The number of benzene rings is 2. The number of halogens is 1. The lowest BCUT2D eigenvalue weighted by Gasteiger charge is -2.35. The highest BCUT2D eigenvalue weighted by Crippen LogP contribution is 2.30. The Morgan fingerprint density at radius 2 is 1.73 bits per heavy atom. The topological polar surface area (TPSA) is 108 Å². The molecule has 2 rings (SSSR count). The van der Waals surface area contributed by atoms with Gasteiger partial charge in [0.15, 0.2) is 0 Å². The largest absolute Gasteiger partial charge is 0.444 e. The smallest absolute Gasteiger partial charge is 0.408 e. The molecule has 2 aromatic rings. The molecule has 0 bridgehead atoms. The Morgan fingerprint density at radius 1 is 1.08 bits per heavy atom. The van der Waals surface area contributed by atoms with E-state index >= 15 is 0 Å². The summed E-state index contributed by atoms with van der Waals surface area (Å²) in [4.78, 5) is 41.5. The van der Waals surface area contributed by atoms with Crippen LogP contribution in [0, 0.1) is 19.8 Å². The molecular weight excluding hydrogens is 494 g/mol. The molecule has 202 valence electrons. The number of alkyl carbamates (subject to hydrolysis) is 1. The Balaban J connectivity index is 2.53. The SMILES string of the molecule is Cc1cccc(C(C(=O)Nc2c(C)cccc2Cl)N(CCO)C(=O)C(NC(=O)OC(C)(C)C)C(C)C)c1. The molecule has 3 N–H and O–H groups in total. The van der Waals surface area contributed by atoms with E-state index in [0.717, 1.165) is 11.1 Å². The highest BCUT2D eigenvalue weighted by Gasteiger charge is 2.37. The third-order valence-corrected chi connectivity index (χ3v) is 5.93. The van der Waals surface area contributed by atoms with Gasteiger partial charge in [-0.05, 0) is 57.7 Å². The summed E-state index contributed by atoms with van der Waals surface area (Å²) in [6, 6.07) is 10.4. The zero-order valence-electron chi connectivity index (χ0n) is 22.6. The van der Waals surface area contributed by atoms with Gasteiger partial charge in [0.25, 0.3) is 5.91 Å². The molecule has 0 aliphatic heterocycles. The maximum absolute atomic E-state index is 13.9. The van der Waals surface area contributed by atoms with Crippen LogP contribution >= 0.6 is 11.6 Å². The average molecular weight is 532 g/mol. The molecule has 3 amide bonds. The zero-order valence-corrected chi connectivity index (χ0v) is 23.3. The van der Waals surface area contributed by atoms with Crippen molar-refractivity contribution in [3.63, 3.8) is 0 Å². The minimum absolute atomic E-state index is 0.133. The van der Waals surface area contributed by atoms with E-state index in [1.54, 1.807) is 58.9 Å². The quantitative estimate of drug-likeness (QED) is 0.421. The van der Waals surface area contributed by atoms with Crippen LogP contribution in [0.15, 0.2) is 42.5 Å². The first-order chi connectivity index (χ1) is 17.2. The van der Waals surface area contributed by atoms with Crippen LogP contribution < -0.4 is 10.6 Å². The summed E-state index contributed by atoms with van der Waals surface area (Å²) in [5, 5.41) is 15.8. The number of carbonyl (C=O) groups excluding carboxylic acids is 3. The molecule has 2 aromatic carbocycles. The van der Waals surface area contributed by atoms with Crippen LogP contribution in [0.5, 0.6) is 0 Å². The van der Waals surface area contributed by atoms with Crippen LogP contribution in [0.1, 0.15) is 57.4 Å². The van der Waals surface area contributed by atoms with E-state index in [4.69, 9.17) is 16.3 Å². The molecule has 0 aromatic heterocycles. The minimum atomic E-state index is -1.10. The van der Waals surface area contributed by atoms with Crippen molar-refractivity contribution in [2.75, 3.05) is 18.5 Å². The molecule has 0 spiro atoms. The van der Waals surface area contributed by atoms with E-state index in [1.165, 1.54) is 4.90 Å². The lowest BCUT2D eigenvalue weighted by atomic mass is 9.98. The highest BCUT2D eigenvalue weighted by molar-refractivity contribution is 6.34. The van der Waals surface area contributed by atoms with Crippen LogP contribution in [0.3, 0.4) is 0 Å². The maximum Gasteiger partial charge on any atom is 0.408 e. The number of carbonyl (C=O) groups is 3. The van der Waals surface area contributed by atoms with Crippen LogP contribution in [0.4, 0.5) is 10.5 Å². The third kappa shape index (κ3) is 8.47. The molecule has 0 aliphatic carbocycles. The Labute approximate surface area is 224 Å². The molecule has 37 heavy (non-hydrogen) atoms. The minimum Gasteiger partial charge on any atom is -0.444 e. The number of aliphatic hydroxyl groups excluding tert-OH is 1. The second-order valence-corrected chi connectivity index (χ2v) is 10.8. The number of anilines is 1. The van der Waals surface area contributed by atoms with Crippen molar-refractivity contribution in [3.05, 3.63) is 64.2 Å². The van der Waals surface area contributed by atoms with Crippen molar-refractivity contribution in [1.29, 1.82) is 0 Å². The third-order valence-electron chi connectivity index (χ3n) is 5.62. The van der Waals surface area contributed by atoms with Gasteiger partial charge < -0.3 is 25.4 Å². The van der Waals surface area contributed by atoms with Gasteiger partial charge in [0.2, 0.25) is 5.91 Å². The van der Waals surface area contributed by atoms with E-state index in [2.05, 4.69) is 10.6 Å². The monoisotopic (exact) mass is 531 g/mol. The van der Waals surface area contributed by atoms with Crippen LogP contribution in [-0.2, 0) is 14.3 Å². The van der Waals surface area contributed by atoms with Gasteiger partial charge in [-0.25, -0.2) is 4.79 Å². The number of para-hydroxylation sites is 1. The summed E-state index contributed by atoms with van der Waals surface area (Å²) in [5.41, 5.74) is 1.90. The number of nitrogens with one attached hydrogen (secondary N) is 2. The molecule has 8 nitrogen and oxygen atoms in total. The van der Waals surface area contributed by atoms with Crippen molar-refractivity contribution < 1.29 is 24.2 Å². The van der Waals surface area contributed by atoms with Gasteiger partial charge >= 0.3 is 6.09 Å². The summed E-state index contributed by atoms with van der Waals surface area (Å²) in [5.74, 6) is -1.34. The molecule has 0 aliphatic rings. The number of rotatable bonds is 9. The number of ether oxygens (including phenoxy) is 1. The molecule has 0 radical (unpaired) electrons. The molecular formula is C28H38ClN3O5. The summed E-state index contributed by atoms with van der Waals surface area (Å²) in [7, 11) is 0. The van der Waals surface area contributed by atoms with Gasteiger partial charge in [-0.2, -0.15) is 0 Å². The summed E-state index contributed by atoms with van der Waals surface area (Å²) in [6.07, 6.45) is -0.744. The van der Waals surface area contributed by atoms with E-state index in [-0.39, 0.29) is 19.1 Å². The fourth-order valence-electron chi connectivity index (χ4n) is 3.90. The Kier molecular flexibility index (Phi) is 10.5. The lowest BCUT2D eigenvalue weighted by molar-refractivity contribution is -0.142. The van der Waals surface area contributed by atoms with Crippen molar-refractivity contribution >= 4 is 35.2 Å². The number of hydrogen-bond acceptors (Lipinski definition) is 5. The Morgan fingerprint density at radius 3 is 2.27 bits per heavy atom. The predicted molar refractivity (Wildman–Crippen MR) is 146 cm³/mol. The van der Waals surface area contributed by atoms with Gasteiger partial charge in [-0.3, -0.25) is 9.59 Å². The van der Waals surface area contributed by atoms with Crippen LogP contribution in [-0.4, -0.2) is 52.7 Å².